The topological polar surface area (TPSA) is 73.8 Å². The first-order chi connectivity index (χ1) is 14.2. The van der Waals surface area contributed by atoms with E-state index in [-0.39, 0.29) is 12.0 Å². The number of likely N-dealkylation sites (tertiary alicyclic amines) is 1. The van der Waals surface area contributed by atoms with Gasteiger partial charge >= 0.3 is 0 Å². The summed E-state index contributed by atoms with van der Waals surface area (Å²) >= 11 is 0. The first-order valence-corrected chi connectivity index (χ1v) is 10.2. The van der Waals surface area contributed by atoms with Gasteiger partial charge in [0.25, 0.3) is 5.91 Å². The minimum atomic E-state index is -0.115. The molecule has 1 aliphatic rings. The summed E-state index contributed by atoms with van der Waals surface area (Å²) in [5.41, 5.74) is 0.660. The number of benzene rings is 1. The van der Waals surface area contributed by atoms with Gasteiger partial charge in [-0.3, -0.25) is 9.78 Å². The van der Waals surface area contributed by atoms with E-state index < -0.39 is 0 Å². The molecule has 1 saturated heterocycles. The Hall–Kier alpha value is -2.83. The van der Waals surface area contributed by atoms with E-state index in [1.165, 1.54) is 19.7 Å². The fraction of sp³-hybridized carbons (Fsp3) is 0.500. The lowest BCUT2D eigenvalue weighted by Gasteiger charge is -2.32. The average Bonchev–Trinajstić information content (AvgIpc) is 2.77. The highest BCUT2D eigenvalue weighted by Gasteiger charge is 2.26. The van der Waals surface area contributed by atoms with Crippen LogP contribution in [0.3, 0.4) is 0 Å². The summed E-state index contributed by atoms with van der Waals surface area (Å²) in [4.78, 5) is 23.0. The normalized spacial score (nSPS) is 16.3. The van der Waals surface area contributed by atoms with Crippen molar-refractivity contribution in [1.29, 1.82) is 0 Å². The number of carbonyl (C=O) groups is 1. The van der Waals surface area contributed by atoms with E-state index in [4.69, 9.17) is 14.2 Å². The summed E-state index contributed by atoms with van der Waals surface area (Å²) in [6.45, 7) is 4.12. The molecule has 0 radical (unpaired) electrons. The molecule has 29 heavy (non-hydrogen) atoms. The second-order valence-electron chi connectivity index (χ2n) is 7.11. The number of nitrogens with zero attached hydrogens (tertiary/aromatic N) is 3. The lowest BCUT2D eigenvalue weighted by Crippen LogP contribution is -2.44. The van der Waals surface area contributed by atoms with Gasteiger partial charge in [-0.2, -0.15) is 4.98 Å². The van der Waals surface area contributed by atoms with Crippen LogP contribution >= 0.6 is 0 Å². The van der Waals surface area contributed by atoms with Gasteiger partial charge in [0, 0.05) is 12.1 Å². The smallest absolute Gasteiger partial charge is 0.253 e. The van der Waals surface area contributed by atoms with Crippen molar-refractivity contribution in [2.75, 3.05) is 26.8 Å². The van der Waals surface area contributed by atoms with Crippen molar-refractivity contribution < 1.29 is 19.0 Å². The lowest BCUT2D eigenvalue weighted by molar-refractivity contribution is 0.0525. The largest absolute Gasteiger partial charge is 0.494 e. The zero-order valence-electron chi connectivity index (χ0n) is 17.2. The number of hydrogen-bond acceptors (Lipinski definition) is 6. The molecular weight excluding hydrogens is 370 g/mol. The molecule has 1 aliphatic heterocycles. The van der Waals surface area contributed by atoms with Gasteiger partial charge in [0.15, 0.2) is 0 Å². The summed E-state index contributed by atoms with van der Waals surface area (Å²) in [6, 6.07) is 7.39. The van der Waals surface area contributed by atoms with Gasteiger partial charge in [0.2, 0.25) is 11.8 Å². The summed E-state index contributed by atoms with van der Waals surface area (Å²) < 4.78 is 16.7. The number of aromatic nitrogens is 2. The molecule has 1 aromatic heterocycles. The Morgan fingerprint density at radius 2 is 1.97 bits per heavy atom. The second kappa shape index (κ2) is 10.6. The van der Waals surface area contributed by atoms with Gasteiger partial charge in [-0.25, -0.2) is 0 Å². The molecule has 7 heteroatoms. The fourth-order valence-electron chi connectivity index (χ4n) is 3.29. The van der Waals surface area contributed by atoms with Gasteiger partial charge in [0.05, 0.1) is 32.7 Å². The van der Waals surface area contributed by atoms with Crippen LogP contribution in [0.25, 0.3) is 0 Å². The third-order valence-corrected chi connectivity index (χ3v) is 4.87. The molecule has 0 saturated carbocycles. The van der Waals surface area contributed by atoms with Crippen LogP contribution in [0.2, 0.25) is 0 Å². The van der Waals surface area contributed by atoms with Gasteiger partial charge < -0.3 is 19.1 Å². The van der Waals surface area contributed by atoms with E-state index in [0.717, 1.165) is 38.0 Å². The number of carbonyl (C=O) groups excluding carboxylic acids is 1. The maximum atomic E-state index is 12.9. The van der Waals surface area contributed by atoms with E-state index in [0.29, 0.717) is 30.5 Å². The Bertz CT molecular complexity index is 782. The molecule has 0 bridgehead atoms. The predicted molar refractivity (Wildman–Crippen MR) is 110 cm³/mol. The second-order valence-corrected chi connectivity index (χ2v) is 7.11. The van der Waals surface area contributed by atoms with Gasteiger partial charge in [0.1, 0.15) is 11.9 Å². The summed E-state index contributed by atoms with van der Waals surface area (Å²) in [7, 11) is 1.54. The number of amides is 1. The number of piperidine rings is 1. The molecule has 3 rings (SSSR count). The van der Waals surface area contributed by atoms with E-state index >= 15 is 0 Å². The zero-order chi connectivity index (χ0) is 20.5. The van der Waals surface area contributed by atoms with Crippen molar-refractivity contribution in [3.05, 3.63) is 42.2 Å². The van der Waals surface area contributed by atoms with Gasteiger partial charge in [-0.15, -0.1) is 0 Å². The third kappa shape index (κ3) is 6.07. The van der Waals surface area contributed by atoms with Crippen LogP contribution in [0.1, 0.15) is 49.4 Å². The van der Waals surface area contributed by atoms with Crippen molar-refractivity contribution in [3.63, 3.8) is 0 Å². The van der Waals surface area contributed by atoms with Crippen molar-refractivity contribution in [1.82, 2.24) is 14.9 Å². The van der Waals surface area contributed by atoms with E-state index in [2.05, 4.69) is 16.9 Å². The molecule has 2 heterocycles. The minimum absolute atomic E-state index is 0.00700. The Kier molecular flexibility index (Phi) is 7.67. The molecule has 156 valence electrons. The zero-order valence-corrected chi connectivity index (χ0v) is 17.2. The molecule has 1 fully saturated rings. The van der Waals surface area contributed by atoms with Crippen LogP contribution in [0.4, 0.5) is 0 Å². The Morgan fingerprint density at radius 1 is 1.17 bits per heavy atom. The van der Waals surface area contributed by atoms with Crippen molar-refractivity contribution in [2.45, 2.75) is 45.1 Å². The molecule has 7 nitrogen and oxygen atoms in total. The van der Waals surface area contributed by atoms with Crippen molar-refractivity contribution in [2.24, 2.45) is 0 Å². The van der Waals surface area contributed by atoms with E-state index in [9.17, 15) is 4.79 Å². The molecule has 2 aromatic rings. The highest BCUT2D eigenvalue weighted by Crippen LogP contribution is 2.20. The minimum Gasteiger partial charge on any atom is -0.494 e. The van der Waals surface area contributed by atoms with Crippen molar-refractivity contribution in [3.8, 4) is 17.5 Å². The molecule has 0 aliphatic carbocycles. The third-order valence-electron chi connectivity index (χ3n) is 4.87. The Labute approximate surface area is 172 Å². The molecule has 1 unspecified atom stereocenters. The van der Waals surface area contributed by atoms with Crippen LogP contribution in [-0.2, 0) is 0 Å². The predicted octanol–water partition coefficient (Wildman–Crippen LogP) is 3.74. The molecule has 0 spiro atoms. The first-order valence-electron chi connectivity index (χ1n) is 10.2. The highest BCUT2D eigenvalue weighted by molar-refractivity contribution is 5.94. The lowest BCUT2D eigenvalue weighted by atomic mass is 10.1. The number of hydrogen-bond donors (Lipinski definition) is 0. The first kappa shape index (κ1) is 20.9. The molecular formula is C22H29N3O4. The fourth-order valence-corrected chi connectivity index (χ4v) is 3.29. The van der Waals surface area contributed by atoms with Crippen LogP contribution < -0.4 is 14.2 Å². The summed E-state index contributed by atoms with van der Waals surface area (Å²) in [5.74, 6) is 1.62. The molecule has 0 N–H and O–H groups in total. The van der Waals surface area contributed by atoms with Crippen LogP contribution in [0.5, 0.6) is 17.5 Å². The van der Waals surface area contributed by atoms with Crippen LogP contribution in [0.15, 0.2) is 36.7 Å². The number of rotatable bonds is 9. The number of methoxy groups -OCH3 is 1. The maximum absolute atomic E-state index is 12.9. The van der Waals surface area contributed by atoms with E-state index in [1.807, 2.05) is 29.2 Å². The van der Waals surface area contributed by atoms with Crippen LogP contribution in [0, 0.1) is 0 Å². The van der Waals surface area contributed by atoms with Gasteiger partial charge in [-0.1, -0.05) is 19.8 Å². The molecule has 1 aromatic carbocycles. The summed E-state index contributed by atoms with van der Waals surface area (Å²) in [6.07, 6.45) is 8.10. The van der Waals surface area contributed by atoms with E-state index in [1.54, 1.807) is 6.20 Å². The van der Waals surface area contributed by atoms with Crippen LogP contribution in [-0.4, -0.2) is 53.7 Å². The average molecular weight is 399 g/mol. The maximum Gasteiger partial charge on any atom is 0.253 e. The molecule has 1 atom stereocenters. The Balaban J connectivity index is 1.54. The SMILES string of the molecule is CCCCCOc1ccc(C(=O)N2CCCC(Oc3cncc(OC)n3)C2)cc1. The highest BCUT2D eigenvalue weighted by atomic mass is 16.5. The summed E-state index contributed by atoms with van der Waals surface area (Å²) in [5, 5.41) is 0. The quantitative estimate of drug-likeness (QED) is 0.598. The number of ether oxygens (including phenoxy) is 3. The van der Waals surface area contributed by atoms with Crippen molar-refractivity contribution >= 4 is 5.91 Å². The van der Waals surface area contributed by atoms with Gasteiger partial charge in [-0.05, 0) is 43.5 Å². The Morgan fingerprint density at radius 3 is 2.72 bits per heavy atom. The number of unbranched alkanes of at least 4 members (excludes halogenated alkanes) is 2. The monoisotopic (exact) mass is 399 g/mol. The standard InChI is InChI=1S/C22H29N3O4/c1-3-4-5-13-28-18-10-8-17(9-11-18)22(26)25-12-6-7-19(16-25)29-21-15-23-14-20(24-21)27-2/h8-11,14-15,19H,3-7,12-13,16H2,1-2H3. The molecule has 1 amide bonds.